The minimum atomic E-state index is -0.701. The van der Waals surface area contributed by atoms with Gasteiger partial charge in [-0.05, 0) is 31.5 Å². The van der Waals surface area contributed by atoms with Gasteiger partial charge in [-0.2, -0.15) is 0 Å². The van der Waals surface area contributed by atoms with Gasteiger partial charge in [-0.3, -0.25) is 9.59 Å². The van der Waals surface area contributed by atoms with E-state index in [2.05, 4.69) is 10.6 Å². The van der Waals surface area contributed by atoms with E-state index in [1.807, 2.05) is 0 Å². The van der Waals surface area contributed by atoms with Crippen LogP contribution in [0.15, 0.2) is 18.2 Å². The van der Waals surface area contributed by atoms with Crippen molar-refractivity contribution in [3.05, 3.63) is 29.6 Å². The largest absolute Gasteiger partial charge is 0.345 e. The quantitative estimate of drug-likeness (QED) is 0.840. The first-order chi connectivity index (χ1) is 7.90. The molecule has 2 N–H and O–H groups in total. The van der Waals surface area contributed by atoms with E-state index in [1.165, 1.54) is 26.0 Å². The summed E-state index contributed by atoms with van der Waals surface area (Å²) in [6.45, 7) is 4.65. The maximum atomic E-state index is 13.4. The van der Waals surface area contributed by atoms with Gasteiger partial charge in [0.2, 0.25) is 11.8 Å². The van der Waals surface area contributed by atoms with Gasteiger partial charge in [-0.25, -0.2) is 4.39 Å². The second-order valence-electron chi connectivity index (χ2n) is 3.89. The summed E-state index contributed by atoms with van der Waals surface area (Å²) in [5.41, 5.74) is 0.959. The first-order valence-corrected chi connectivity index (χ1v) is 5.24. The molecule has 1 rings (SSSR count). The summed E-state index contributed by atoms with van der Waals surface area (Å²) < 4.78 is 13.4. The molecule has 92 valence electrons. The molecule has 0 aliphatic rings. The van der Waals surface area contributed by atoms with E-state index in [-0.39, 0.29) is 11.6 Å². The average molecular weight is 238 g/mol. The number of halogens is 1. The van der Waals surface area contributed by atoms with Crippen molar-refractivity contribution in [2.75, 3.05) is 5.32 Å². The fourth-order valence-corrected chi connectivity index (χ4v) is 1.35. The molecule has 0 bridgehead atoms. The van der Waals surface area contributed by atoms with Crippen molar-refractivity contribution in [3.8, 4) is 0 Å². The van der Waals surface area contributed by atoms with E-state index in [9.17, 15) is 14.0 Å². The average Bonchev–Trinajstić information content (AvgIpc) is 2.22. The monoisotopic (exact) mass is 238 g/mol. The first-order valence-electron chi connectivity index (χ1n) is 5.24. The molecule has 0 heterocycles. The van der Waals surface area contributed by atoms with Crippen LogP contribution in [0.3, 0.4) is 0 Å². The molecule has 0 fully saturated rings. The van der Waals surface area contributed by atoms with E-state index in [1.54, 1.807) is 13.0 Å². The van der Waals surface area contributed by atoms with Crippen molar-refractivity contribution in [3.63, 3.8) is 0 Å². The standard InChI is InChI=1S/C12H15FN2O2/c1-7-4-5-10(13)11(6-7)15-12(17)8(2)14-9(3)16/h4-6,8H,1-3H3,(H,14,16)(H,15,17). The molecule has 0 aliphatic heterocycles. The van der Waals surface area contributed by atoms with Crippen LogP contribution in [0.4, 0.5) is 10.1 Å². The van der Waals surface area contributed by atoms with Gasteiger partial charge in [-0.1, -0.05) is 6.07 Å². The summed E-state index contributed by atoms with van der Waals surface area (Å²) >= 11 is 0. The Morgan fingerprint density at radius 2 is 2.00 bits per heavy atom. The Labute approximate surface area is 99.2 Å². The third kappa shape index (κ3) is 3.86. The van der Waals surface area contributed by atoms with Crippen LogP contribution in [0, 0.1) is 12.7 Å². The van der Waals surface area contributed by atoms with Crippen molar-refractivity contribution in [2.45, 2.75) is 26.8 Å². The lowest BCUT2D eigenvalue weighted by Crippen LogP contribution is -2.40. The number of nitrogens with one attached hydrogen (secondary N) is 2. The van der Waals surface area contributed by atoms with E-state index in [0.29, 0.717) is 0 Å². The van der Waals surface area contributed by atoms with Crippen molar-refractivity contribution >= 4 is 17.5 Å². The van der Waals surface area contributed by atoms with Crippen molar-refractivity contribution in [1.29, 1.82) is 0 Å². The zero-order valence-electron chi connectivity index (χ0n) is 10.0. The highest BCUT2D eigenvalue weighted by Gasteiger charge is 2.15. The molecule has 1 aromatic carbocycles. The Bertz CT molecular complexity index is 446. The molecule has 0 saturated carbocycles. The first kappa shape index (κ1) is 13.2. The highest BCUT2D eigenvalue weighted by Crippen LogP contribution is 2.15. The number of hydrogen-bond donors (Lipinski definition) is 2. The smallest absolute Gasteiger partial charge is 0.246 e. The van der Waals surface area contributed by atoms with Gasteiger partial charge in [0.1, 0.15) is 11.9 Å². The molecule has 17 heavy (non-hydrogen) atoms. The topological polar surface area (TPSA) is 58.2 Å². The number of benzene rings is 1. The molecular weight excluding hydrogens is 223 g/mol. The second-order valence-corrected chi connectivity index (χ2v) is 3.89. The Balaban J connectivity index is 2.73. The molecule has 0 aliphatic carbocycles. The SMILES string of the molecule is CC(=O)NC(C)C(=O)Nc1cc(C)ccc1F. The number of carbonyl (C=O) groups excluding carboxylic acids is 2. The molecule has 0 spiro atoms. The maximum Gasteiger partial charge on any atom is 0.246 e. The van der Waals surface area contributed by atoms with Gasteiger partial charge < -0.3 is 10.6 Å². The lowest BCUT2D eigenvalue weighted by molar-refractivity contribution is -0.124. The third-order valence-electron chi connectivity index (χ3n) is 2.19. The van der Waals surface area contributed by atoms with Crippen LogP contribution in [0.25, 0.3) is 0 Å². The lowest BCUT2D eigenvalue weighted by atomic mass is 10.2. The van der Waals surface area contributed by atoms with E-state index < -0.39 is 17.8 Å². The Morgan fingerprint density at radius 3 is 2.59 bits per heavy atom. The number of amides is 2. The highest BCUT2D eigenvalue weighted by atomic mass is 19.1. The van der Waals surface area contributed by atoms with Gasteiger partial charge in [0, 0.05) is 6.92 Å². The normalized spacial score (nSPS) is 11.8. The molecule has 0 aromatic heterocycles. The Hall–Kier alpha value is -1.91. The van der Waals surface area contributed by atoms with Crippen LogP contribution in [-0.4, -0.2) is 17.9 Å². The molecule has 1 atom stereocenters. The van der Waals surface area contributed by atoms with Crippen molar-refractivity contribution < 1.29 is 14.0 Å². The molecular formula is C12H15FN2O2. The molecule has 4 nitrogen and oxygen atoms in total. The minimum absolute atomic E-state index is 0.118. The van der Waals surface area contributed by atoms with Gasteiger partial charge in [-0.15, -0.1) is 0 Å². The fourth-order valence-electron chi connectivity index (χ4n) is 1.35. The number of carbonyl (C=O) groups is 2. The van der Waals surface area contributed by atoms with Crippen LogP contribution in [0.1, 0.15) is 19.4 Å². The van der Waals surface area contributed by atoms with Crippen LogP contribution < -0.4 is 10.6 Å². The molecule has 2 amide bonds. The number of aryl methyl sites for hydroxylation is 1. The third-order valence-corrected chi connectivity index (χ3v) is 2.19. The summed E-state index contributed by atoms with van der Waals surface area (Å²) in [6.07, 6.45) is 0. The van der Waals surface area contributed by atoms with Crippen molar-refractivity contribution in [1.82, 2.24) is 5.32 Å². The Kier molecular flexibility index (Phi) is 4.20. The molecule has 5 heteroatoms. The maximum absolute atomic E-state index is 13.4. The zero-order chi connectivity index (χ0) is 13.0. The minimum Gasteiger partial charge on any atom is -0.345 e. The van der Waals surface area contributed by atoms with Crippen LogP contribution in [-0.2, 0) is 9.59 Å². The van der Waals surface area contributed by atoms with Crippen molar-refractivity contribution in [2.24, 2.45) is 0 Å². The summed E-state index contributed by atoms with van der Waals surface area (Å²) in [7, 11) is 0. The summed E-state index contributed by atoms with van der Waals surface area (Å²) in [4.78, 5) is 22.4. The number of hydrogen-bond acceptors (Lipinski definition) is 2. The van der Waals surface area contributed by atoms with Gasteiger partial charge >= 0.3 is 0 Å². The predicted octanol–water partition coefficient (Wildman–Crippen LogP) is 1.60. The van der Waals surface area contributed by atoms with Crippen LogP contribution >= 0.6 is 0 Å². The highest BCUT2D eigenvalue weighted by molar-refractivity contribution is 5.96. The lowest BCUT2D eigenvalue weighted by Gasteiger charge is -2.13. The summed E-state index contributed by atoms with van der Waals surface area (Å²) in [5, 5.41) is 4.85. The number of rotatable bonds is 3. The van der Waals surface area contributed by atoms with Gasteiger partial charge in [0.05, 0.1) is 5.69 Å². The second kappa shape index (κ2) is 5.43. The molecule has 1 unspecified atom stereocenters. The Morgan fingerprint density at radius 1 is 1.35 bits per heavy atom. The molecule has 0 saturated heterocycles. The van der Waals surface area contributed by atoms with E-state index >= 15 is 0 Å². The number of anilines is 1. The molecule has 0 radical (unpaired) electrons. The molecule has 1 aromatic rings. The van der Waals surface area contributed by atoms with Crippen LogP contribution in [0.2, 0.25) is 0 Å². The van der Waals surface area contributed by atoms with Crippen LogP contribution in [0.5, 0.6) is 0 Å². The van der Waals surface area contributed by atoms with Gasteiger partial charge in [0.15, 0.2) is 0 Å². The van der Waals surface area contributed by atoms with E-state index in [4.69, 9.17) is 0 Å². The predicted molar refractivity (Wildman–Crippen MR) is 63.0 cm³/mol. The fraction of sp³-hybridized carbons (Fsp3) is 0.333. The van der Waals surface area contributed by atoms with E-state index in [0.717, 1.165) is 5.56 Å². The zero-order valence-corrected chi connectivity index (χ0v) is 10.0. The summed E-state index contributed by atoms with van der Waals surface area (Å²) in [6, 6.07) is 3.73. The summed E-state index contributed by atoms with van der Waals surface area (Å²) in [5.74, 6) is -1.26. The van der Waals surface area contributed by atoms with Gasteiger partial charge in [0.25, 0.3) is 0 Å².